The van der Waals surface area contributed by atoms with E-state index in [4.69, 9.17) is 4.74 Å². The highest BCUT2D eigenvalue weighted by molar-refractivity contribution is 7.17. The molecule has 180 valence electrons. The van der Waals surface area contributed by atoms with Gasteiger partial charge in [-0.05, 0) is 75.4 Å². The lowest BCUT2D eigenvalue weighted by molar-refractivity contribution is 0.0955. The lowest BCUT2D eigenvalue weighted by Crippen LogP contribution is -2.33. The number of fused-ring (bicyclic) bond motifs is 2. The van der Waals surface area contributed by atoms with Gasteiger partial charge in [-0.25, -0.2) is 0 Å². The van der Waals surface area contributed by atoms with E-state index in [1.165, 1.54) is 33.2 Å². The summed E-state index contributed by atoms with van der Waals surface area (Å²) in [7, 11) is 1.73. The molecule has 0 bridgehead atoms. The predicted octanol–water partition coefficient (Wildman–Crippen LogP) is 7.86. The molecule has 35 heavy (non-hydrogen) atoms. The Morgan fingerprint density at radius 1 is 0.914 bits per heavy atom. The third-order valence-corrected chi connectivity index (χ3v) is 8.70. The van der Waals surface area contributed by atoms with Crippen LogP contribution in [-0.2, 0) is 17.4 Å². The number of amides is 1. The monoisotopic (exact) mass is 483 g/mol. The molecule has 4 heteroatoms. The Kier molecular flexibility index (Phi) is 5.96. The van der Waals surface area contributed by atoms with Gasteiger partial charge in [-0.3, -0.25) is 4.79 Å². The molecule has 1 aliphatic carbocycles. The molecule has 0 unspecified atom stereocenters. The van der Waals surface area contributed by atoms with Crippen molar-refractivity contribution in [3.05, 3.63) is 88.3 Å². The SMILES string of the molecule is COc1cc2c(cc1-c1ccc(C(=O)NCc3cccc4ccccc34)s1)C(C)(C)CCC2(C)C. The van der Waals surface area contributed by atoms with Crippen molar-refractivity contribution in [2.45, 2.75) is 57.9 Å². The quantitative estimate of drug-likeness (QED) is 0.314. The molecule has 1 aliphatic rings. The van der Waals surface area contributed by atoms with Crippen LogP contribution in [0.15, 0.2) is 66.7 Å². The highest BCUT2D eigenvalue weighted by atomic mass is 32.1. The van der Waals surface area contributed by atoms with E-state index in [0.717, 1.165) is 34.6 Å². The Bertz CT molecular complexity index is 1410. The van der Waals surface area contributed by atoms with E-state index >= 15 is 0 Å². The number of carbonyl (C=O) groups excluding carboxylic acids is 1. The highest BCUT2D eigenvalue weighted by Gasteiger charge is 2.38. The molecule has 0 saturated carbocycles. The molecule has 4 aromatic rings. The average molecular weight is 484 g/mol. The van der Waals surface area contributed by atoms with Gasteiger partial charge in [0, 0.05) is 17.0 Å². The molecule has 0 fully saturated rings. The minimum Gasteiger partial charge on any atom is -0.496 e. The molecular formula is C31H33NO2S. The van der Waals surface area contributed by atoms with Gasteiger partial charge in [-0.2, -0.15) is 0 Å². The topological polar surface area (TPSA) is 38.3 Å². The Hall–Kier alpha value is -3.11. The summed E-state index contributed by atoms with van der Waals surface area (Å²) in [6.45, 7) is 9.81. The molecule has 3 nitrogen and oxygen atoms in total. The predicted molar refractivity (Wildman–Crippen MR) is 147 cm³/mol. The number of benzene rings is 3. The van der Waals surface area contributed by atoms with E-state index in [1.807, 2.05) is 30.3 Å². The molecule has 0 radical (unpaired) electrons. The molecule has 1 aromatic heterocycles. The molecule has 3 aromatic carbocycles. The number of hydrogen-bond donors (Lipinski definition) is 1. The maximum Gasteiger partial charge on any atom is 0.261 e. The van der Waals surface area contributed by atoms with E-state index in [-0.39, 0.29) is 16.7 Å². The van der Waals surface area contributed by atoms with E-state index in [2.05, 4.69) is 69.4 Å². The van der Waals surface area contributed by atoms with Crippen LogP contribution in [0.5, 0.6) is 5.75 Å². The number of nitrogens with one attached hydrogen (secondary N) is 1. The first-order chi connectivity index (χ1) is 16.7. The van der Waals surface area contributed by atoms with Crippen LogP contribution in [-0.4, -0.2) is 13.0 Å². The second kappa shape index (κ2) is 8.83. The first-order valence-corrected chi connectivity index (χ1v) is 13.1. The summed E-state index contributed by atoms with van der Waals surface area (Å²) in [6, 6.07) is 23.0. The highest BCUT2D eigenvalue weighted by Crippen LogP contribution is 2.49. The van der Waals surface area contributed by atoms with Crippen molar-refractivity contribution in [1.82, 2.24) is 5.32 Å². The van der Waals surface area contributed by atoms with Crippen molar-refractivity contribution in [1.29, 1.82) is 0 Å². The van der Waals surface area contributed by atoms with E-state index in [1.54, 1.807) is 7.11 Å². The van der Waals surface area contributed by atoms with Gasteiger partial charge in [0.15, 0.2) is 0 Å². The minimum absolute atomic E-state index is 0.0485. The first-order valence-electron chi connectivity index (χ1n) is 12.3. The fourth-order valence-electron chi connectivity index (χ4n) is 5.27. The fraction of sp³-hybridized carbons (Fsp3) is 0.323. The zero-order valence-corrected chi connectivity index (χ0v) is 22.0. The van der Waals surface area contributed by atoms with Crippen molar-refractivity contribution in [3.63, 3.8) is 0 Å². The third-order valence-electron chi connectivity index (χ3n) is 7.59. The molecule has 0 atom stereocenters. The molecule has 1 N–H and O–H groups in total. The molecule has 0 spiro atoms. The Morgan fingerprint density at radius 2 is 1.60 bits per heavy atom. The minimum atomic E-state index is -0.0485. The summed E-state index contributed by atoms with van der Waals surface area (Å²) in [5.74, 6) is 0.826. The van der Waals surface area contributed by atoms with Gasteiger partial charge in [0.05, 0.1) is 12.0 Å². The van der Waals surface area contributed by atoms with Crippen LogP contribution in [0, 0.1) is 0 Å². The van der Waals surface area contributed by atoms with Crippen LogP contribution in [0.3, 0.4) is 0 Å². The molecule has 5 rings (SSSR count). The number of carbonyl (C=O) groups is 1. The van der Waals surface area contributed by atoms with Gasteiger partial charge < -0.3 is 10.1 Å². The van der Waals surface area contributed by atoms with Crippen LogP contribution in [0.1, 0.15) is 66.9 Å². The van der Waals surface area contributed by atoms with E-state index in [0.29, 0.717) is 11.4 Å². The van der Waals surface area contributed by atoms with Crippen molar-refractivity contribution < 1.29 is 9.53 Å². The normalized spacial score (nSPS) is 16.0. The third kappa shape index (κ3) is 4.36. The number of rotatable bonds is 5. The van der Waals surface area contributed by atoms with E-state index in [9.17, 15) is 4.79 Å². The number of ether oxygens (including phenoxy) is 1. The largest absolute Gasteiger partial charge is 0.496 e. The second-order valence-electron chi connectivity index (χ2n) is 10.9. The molecule has 0 saturated heterocycles. The number of thiophene rings is 1. The smallest absolute Gasteiger partial charge is 0.261 e. The van der Waals surface area contributed by atoms with Crippen molar-refractivity contribution in [2.75, 3.05) is 7.11 Å². The number of methoxy groups -OCH3 is 1. The summed E-state index contributed by atoms with van der Waals surface area (Å²) in [5.41, 5.74) is 5.18. The summed E-state index contributed by atoms with van der Waals surface area (Å²) in [6.07, 6.45) is 2.32. The van der Waals surface area contributed by atoms with Crippen molar-refractivity contribution in [3.8, 4) is 16.2 Å². The lowest BCUT2D eigenvalue weighted by atomic mass is 9.63. The van der Waals surface area contributed by atoms with Gasteiger partial charge >= 0.3 is 0 Å². The van der Waals surface area contributed by atoms with Gasteiger partial charge in [0.2, 0.25) is 0 Å². The van der Waals surface area contributed by atoms with Crippen LogP contribution in [0.2, 0.25) is 0 Å². The fourth-order valence-corrected chi connectivity index (χ4v) is 6.21. The Balaban J connectivity index is 1.42. The van der Waals surface area contributed by atoms with Gasteiger partial charge in [0.1, 0.15) is 5.75 Å². The van der Waals surface area contributed by atoms with Crippen LogP contribution < -0.4 is 10.1 Å². The van der Waals surface area contributed by atoms with Gasteiger partial charge in [-0.1, -0.05) is 70.2 Å². The molecule has 1 amide bonds. The maximum absolute atomic E-state index is 13.0. The molecular weight excluding hydrogens is 450 g/mol. The molecule has 1 heterocycles. The zero-order chi connectivity index (χ0) is 24.8. The first kappa shape index (κ1) is 23.6. The number of hydrogen-bond acceptors (Lipinski definition) is 3. The summed E-state index contributed by atoms with van der Waals surface area (Å²) >= 11 is 1.52. The Labute approximate surface area is 212 Å². The molecule has 0 aliphatic heterocycles. The van der Waals surface area contributed by atoms with Gasteiger partial charge in [0.25, 0.3) is 5.91 Å². The van der Waals surface area contributed by atoms with Crippen molar-refractivity contribution in [2.24, 2.45) is 0 Å². The van der Waals surface area contributed by atoms with Gasteiger partial charge in [-0.15, -0.1) is 11.3 Å². The summed E-state index contributed by atoms with van der Waals surface area (Å²) in [4.78, 5) is 14.8. The van der Waals surface area contributed by atoms with Crippen molar-refractivity contribution >= 4 is 28.0 Å². The zero-order valence-electron chi connectivity index (χ0n) is 21.2. The maximum atomic E-state index is 13.0. The average Bonchev–Trinajstić information content (AvgIpc) is 3.35. The summed E-state index contributed by atoms with van der Waals surface area (Å²) in [5, 5.41) is 5.47. The van der Waals surface area contributed by atoms with Crippen LogP contribution in [0.25, 0.3) is 21.2 Å². The lowest BCUT2D eigenvalue weighted by Gasteiger charge is -2.42. The standard InChI is InChI=1S/C31H33NO2S/c1-30(2)15-16-31(3,4)25-18-26(34-5)23(17-24(25)30)27-13-14-28(35-27)29(33)32-19-21-11-8-10-20-9-6-7-12-22(20)21/h6-14,17-18H,15-16,19H2,1-5H3,(H,32,33). The Morgan fingerprint density at radius 3 is 2.34 bits per heavy atom. The van der Waals surface area contributed by atoms with Crippen LogP contribution in [0.4, 0.5) is 0 Å². The summed E-state index contributed by atoms with van der Waals surface area (Å²) < 4.78 is 5.85. The van der Waals surface area contributed by atoms with E-state index < -0.39 is 0 Å². The van der Waals surface area contributed by atoms with Crippen LogP contribution >= 0.6 is 11.3 Å². The second-order valence-corrected chi connectivity index (χ2v) is 11.9.